The van der Waals surface area contributed by atoms with E-state index >= 15 is 0 Å². The summed E-state index contributed by atoms with van der Waals surface area (Å²) in [6.45, 7) is 1.04. The smallest absolute Gasteiger partial charge is 0.234 e. The molecule has 128 valence electrons. The highest BCUT2D eigenvalue weighted by Gasteiger charge is 2.35. The second-order valence-corrected chi connectivity index (χ2v) is 7.24. The van der Waals surface area contributed by atoms with Gasteiger partial charge in [0.1, 0.15) is 16.8 Å². The van der Waals surface area contributed by atoms with Crippen molar-refractivity contribution in [3.05, 3.63) is 70.9 Å². The monoisotopic (exact) mass is 374 g/mol. The fraction of sp³-hybridized carbons (Fsp3) is 0.235. The standard InChI is InChI=1S/C17H15ClN4O2S/c18-13-5-3-12(4-6-13)8-21-10-15(19-20-21)17-22(16(23)11-25-17)9-14-2-1-7-24-14/h1-7,10,17H,8-9,11H2/t17-/m0/s1. The Morgan fingerprint density at radius 2 is 2.08 bits per heavy atom. The Bertz CT molecular complexity index is 863. The summed E-state index contributed by atoms with van der Waals surface area (Å²) in [5.41, 5.74) is 1.86. The number of carbonyl (C=O) groups excluding carboxylic acids is 1. The van der Waals surface area contributed by atoms with Gasteiger partial charge in [0.25, 0.3) is 0 Å². The zero-order valence-corrected chi connectivity index (χ0v) is 14.8. The van der Waals surface area contributed by atoms with Gasteiger partial charge in [-0.2, -0.15) is 0 Å². The molecule has 0 saturated carbocycles. The number of rotatable bonds is 5. The Balaban J connectivity index is 1.50. The summed E-state index contributed by atoms with van der Waals surface area (Å²) in [4.78, 5) is 14.0. The SMILES string of the molecule is O=C1CS[C@@H](c2cn(Cc3ccc(Cl)cc3)nn2)N1Cc1ccco1. The third-order valence-electron chi connectivity index (χ3n) is 3.94. The maximum Gasteiger partial charge on any atom is 0.234 e. The van der Waals surface area contributed by atoms with E-state index < -0.39 is 0 Å². The molecule has 0 unspecified atom stereocenters. The summed E-state index contributed by atoms with van der Waals surface area (Å²) >= 11 is 7.47. The summed E-state index contributed by atoms with van der Waals surface area (Å²) in [5, 5.41) is 9.03. The molecule has 2 aromatic heterocycles. The molecule has 8 heteroatoms. The van der Waals surface area contributed by atoms with Gasteiger partial charge in [-0.1, -0.05) is 28.9 Å². The van der Waals surface area contributed by atoms with Crippen molar-refractivity contribution in [2.75, 3.05) is 5.75 Å². The van der Waals surface area contributed by atoms with Gasteiger partial charge >= 0.3 is 0 Å². The van der Waals surface area contributed by atoms with E-state index in [-0.39, 0.29) is 11.3 Å². The molecule has 25 heavy (non-hydrogen) atoms. The molecule has 3 heterocycles. The normalized spacial score (nSPS) is 17.4. The Morgan fingerprint density at radius 3 is 2.84 bits per heavy atom. The van der Waals surface area contributed by atoms with E-state index in [2.05, 4.69) is 10.3 Å². The molecular weight excluding hydrogens is 360 g/mol. The minimum Gasteiger partial charge on any atom is -0.467 e. The maximum absolute atomic E-state index is 12.2. The molecule has 1 aliphatic heterocycles. The highest BCUT2D eigenvalue weighted by atomic mass is 35.5. The van der Waals surface area contributed by atoms with Gasteiger partial charge < -0.3 is 9.32 Å². The zero-order valence-electron chi connectivity index (χ0n) is 13.2. The van der Waals surface area contributed by atoms with Gasteiger partial charge in [-0.15, -0.1) is 16.9 Å². The van der Waals surface area contributed by atoms with E-state index in [1.54, 1.807) is 27.6 Å². The van der Waals surface area contributed by atoms with Gasteiger partial charge in [-0.05, 0) is 29.8 Å². The first-order chi connectivity index (χ1) is 12.2. The van der Waals surface area contributed by atoms with E-state index in [0.29, 0.717) is 23.9 Å². The quantitative estimate of drug-likeness (QED) is 0.685. The van der Waals surface area contributed by atoms with Crippen LogP contribution in [0.5, 0.6) is 0 Å². The second-order valence-electron chi connectivity index (χ2n) is 5.73. The number of furan rings is 1. The predicted molar refractivity (Wildman–Crippen MR) is 95.0 cm³/mol. The first-order valence-corrected chi connectivity index (χ1v) is 9.19. The lowest BCUT2D eigenvalue weighted by Crippen LogP contribution is -2.27. The van der Waals surface area contributed by atoms with E-state index in [1.807, 2.05) is 42.6 Å². The largest absolute Gasteiger partial charge is 0.467 e. The van der Waals surface area contributed by atoms with Crippen LogP contribution >= 0.6 is 23.4 Å². The van der Waals surface area contributed by atoms with Gasteiger partial charge in [-0.25, -0.2) is 4.68 Å². The van der Waals surface area contributed by atoms with Gasteiger partial charge in [0.2, 0.25) is 5.91 Å². The van der Waals surface area contributed by atoms with Gasteiger partial charge in [-0.3, -0.25) is 4.79 Å². The van der Waals surface area contributed by atoms with E-state index in [0.717, 1.165) is 17.0 Å². The van der Waals surface area contributed by atoms with Crippen molar-refractivity contribution in [3.8, 4) is 0 Å². The number of benzene rings is 1. The van der Waals surface area contributed by atoms with Crippen LogP contribution in [-0.2, 0) is 17.9 Å². The molecule has 1 fully saturated rings. The van der Waals surface area contributed by atoms with Crippen molar-refractivity contribution < 1.29 is 9.21 Å². The van der Waals surface area contributed by atoms with Crippen LogP contribution in [0.2, 0.25) is 5.02 Å². The van der Waals surface area contributed by atoms with E-state index in [9.17, 15) is 4.79 Å². The van der Waals surface area contributed by atoms with Gasteiger partial charge in [0, 0.05) is 5.02 Å². The number of aromatic nitrogens is 3. The zero-order chi connectivity index (χ0) is 17.2. The van der Waals surface area contributed by atoms with Crippen LogP contribution in [0.4, 0.5) is 0 Å². The summed E-state index contributed by atoms with van der Waals surface area (Å²) < 4.78 is 7.14. The van der Waals surface area contributed by atoms with Crippen molar-refractivity contribution in [2.45, 2.75) is 18.5 Å². The maximum atomic E-state index is 12.2. The first kappa shape index (κ1) is 16.2. The molecule has 1 atom stereocenters. The van der Waals surface area contributed by atoms with Crippen molar-refractivity contribution in [1.29, 1.82) is 0 Å². The third-order valence-corrected chi connectivity index (χ3v) is 5.42. The third kappa shape index (κ3) is 3.57. The Hall–Kier alpha value is -2.25. The summed E-state index contributed by atoms with van der Waals surface area (Å²) in [7, 11) is 0. The molecule has 0 bridgehead atoms. The van der Waals surface area contributed by atoms with Crippen molar-refractivity contribution >= 4 is 29.3 Å². The van der Waals surface area contributed by atoms with Crippen LogP contribution in [-0.4, -0.2) is 31.6 Å². The molecule has 0 spiro atoms. The summed E-state index contributed by atoms with van der Waals surface area (Å²) in [6, 6.07) is 11.3. The fourth-order valence-electron chi connectivity index (χ4n) is 2.72. The summed E-state index contributed by atoms with van der Waals surface area (Å²) in [6.07, 6.45) is 3.50. The molecule has 1 saturated heterocycles. The highest BCUT2D eigenvalue weighted by Crippen LogP contribution is 2.38. The second kappa shape index (κ2) is 6.93. The predicted octanol–water partition coefficient (Wildman–Crippen LogP) is 3.35. The average Bonchev–Trinajstić information content (AvgIpc) is 3.34. The van der Waals surface area contributed by atoms with Crippen LogP contribution in [0.3, 0.4) is 0 Å². The number of hydrogen-bond acceptors (Lipinski definition) is 5. The van der Waals surface area contributed by atoms with E-state index in [1.165, 1.54) is 0 Å². The number of hydrogen-bond donors (Lipinski definition) is 0. The average molecular weight is 375 g/mol. The van der Waals surface area contributed by atoms with Crippen LogP contribution in [0.1, 0.15) is 22.4 Å². The number of thioether (sulfide) groups is 1. The Morgan fingerprint density at radius 1 is 1.24 bits per heavy atom. The molecule has 3 aromatic rings. The lowest BCUT2D eigenvalue weighted by Gasteiger charge is -2.20. The number of carbonyl (C=O) groups is 1. The number of amides is 1. The molecule has 1 amide bonds. The molecule has 0 N–H and O–H groups in total. The van der Waals surface area contributed by atoms with Crippen LogP contribution in [0.15, 0.2) is 53.3 Å². The Labute approximate surface area is 153 Å². The Kier molecular flexibility index (Phi) is 4.50. The van der Waals surface area contributed by atoms with Crippen molar-refractivity contribution in [1.82, 2.24) is 19.9 Å². The van der Waals surface area contributed by atoms with Crippen LogP contribution < -0.4 is 0 Å². The molecule has 0 radical (unpaired) electrons. The minimum absolute atomic E-state index is 0.0821. The minimum atomic E-state index is -0.142. The molecular formula is C17H15ClN4O2S. The molecule has 4 rings (SSSR count). The lowest BCUT2D eigenvalue weighted by atomic mass is 10.2. The lowest BCUT2D eigenvalue weighted by molar-refractivity contribution is -0.128. The van der Waals surface area contributed by atoms with Crippen LogP contribution in [0, 0.1) is 0 Å². The molecule has 1 aliphatic rings. The molecule has 1 aromatic carbocycles. The van der Waals surface area contributed by atoms with Gasteiger partial charge in [0.05, 0.1) is 31.3 Å². The molecule has 0 aliphatic carbocycles. The number of nitrogens with zero attached hydrogens (tertiary/aromatic N) is 4. The van der Waals surface area contributed by atoms with Crippen molar-refractivity contribution in [2.24, 2.45) is 0 Å². The van der Waals surface area contributed by atoms with E-state index in [4.69, 9.17) is 16.0 Å². The first-order valence-electron chi connectivity index (χ1n) is 7.77. The number of halogens is 1. The van der Waals surface area contributed by atoms with Crippen LogP contribution in [0.25, 0.3) is 0 Å². The summed E-state index contributed by atoms with van der Waals surface area (Å²) in [5.74, 6) is 1.28. The highest BCUT2D eigenvalue weighted by molar-refractivity contribution is 8.00. The molecule has 6 nitrogen and oxygen atoms in total. The van der Waals surface area contributed by atoms with Gasteiger partial charge in [0.15, 0.2) is 0 Å². The fourth-order valence-corrected chi connectivity index (χ4v) is 3.96. The topological polar surface area (TPSA) is 64.2 Å². The van der Waals surface area contributed by atoms with Crippen molar-refractivity contribution in [3.63, 3.8) is 0 Å².